The number of benzene rings is 1. The quantitative estimate of drug-likeness (QED) is 0.650. The molecule has 1 aromatic carbocycles. The summed E-state index contributed by atoms with van der Waals surface area (Å²) in [5, 5.41) is 2.46. The van der Waals surface area contributed by atoms with Gasteiger partial charge in [-0.3, -0.25) is 14.5 Å². The molecule has 2 rings (SSSR count). The van der Waals surface area contributed by atoms with E-state index in [1.807, 2.05) is 0 Å². The Labute approximate surface area is 132 Å². The van der Waals surface area contributed by atoms with Crippen molar-refractivity contribution in [1.29, 1.82) is 0 Å². The van der Waals surface area contributed by atoms with E-state index in [0.717, 1.165) is 4.90 Å². The van der Waals surface area contributed by atoms with E-state index in [1.54, 1.807) is 19.9 Å². The maximum Gasteiger partial charge on any atom is 0.326 e. The number of hydrogen-bond acceptors (Lipinski definition) is 5. The van der Waals surface area contributed by atoms with Gasteiger partial charge in [-0.15, -0.1) is 0 Å². The average Bonchev–Trinajstić information content (AvgIpc) is 2.67. The second-order valence-corrected chi connectivity index (χ2v) is 5.58. The Balaban J connectivity index is 1.92. The smallest absolute Gasteiger partial charge is 0.326 e. The number of urea groups is 1. The number of methoxy groups -OCH3 is 1. The summed E-state index contributed by atoms with van der Waals surface area (Å²) in [5.74, 6) is -1.75. The zero-order valence-corrected chi connectivity index (χ0v) is 13.0. The molecule has 0 atom stereocenters. The van der Waals surface area contributed by atoms with Gasteiger partial charge in [-0.25, -0.2) is 9.18 Å². The van der Waals surface area contributed by atoms with Gasteiger partial charge in [-0.1, -0.05) is 6.07 Å². The fraction of sp³-hybridized carbons (Fsp3) is 0.400. The third kappa shape index (κ3) is 3.58. The molecule has 1 aliphatic rings. The predicted octanol–water partition coefficient (Wildman–Crippen LogP) is 1.21. The summed E-state index contributed by atoms with van der Waals surface area (Å²) in [6.45, 7) is 2.41. The summed E-state index contributed by atoms with van der Waals surface area (Å²) in [6.07, 6.45) is 0. The van der Waals surface area contributed by atoms with Gasteiger partial charge in [0.1, 0.15) is 18.7 Å². The first-order valence-electron chi connectivity index (χ1n) is 6.87. The molecular weight excluding hydrogens is 307 g/mol. The highest BCUT2D eigenvalue weighted by atomic mass is 19.1. The Kier molecular flexibility index (Phi) is 4.53. The molecule has 0 unspecified atom stereocenters. The van der Waals surface area contributed by atoms with Crippen molar-refractivity contribution in [1.82, 2.24) is 10.2 Å². The minimum absolute atomic E-state index is 0.0849. The van der Waals surface area contributed by atoms with Crippen molar-refractivity contribution in [3.63, 3.8) is 0 Å². The maximum absolute atomic E-state index is 13.5. The summed E-state index contributed by atoms with van der Waals surface area (Å²) in [7, 11) is 1.34. The number of hydrogen-bond donors (Lipinski definition) is 1. The van der Waals surface area contributed by atoms with E-state index in [1.165, 1.54) is 19.2 Å². The molecule has 3 amide bonds. The number of imide groups is 1. The van der Waals surface area contributed by atoms with Crippen LogP contribution in [0, 0.1) is 5.82 Å². The van der Waals surface area contributed by atoms with Crippen molar-refractivity contribution < 1.29 is 28.2 Å². The van der Waals surface area contributed by atoms with Crippen LogP contribution in [0.15, 0.2) is 18.2 Å². The molecule has 0 radical (unpaired) electrons. The minimum Gasteiger partial charge on any atom is -0.494 e. The minimum atomic E-state index is -1.05. The summed E-state index contributed by atoms with van der Waals surface area (Å²) < 4.78 is 23.3. The number of halogens is 1. The second-order valence-electron chi connectivity index (χ2n) is 5.58. The van der Waals surface area contributed by atoms with Gasteiger partial charge >= 0.3 is 12.0 Å². The van der Waals surface area contributed by atoms with Crippen LogP contribution in [0.2, 0.25) is 0 Å². The normalized spacial score (nSPS) is 16.3. The highest BCUT2D eigenvalue weighted by molar-refractivity contribution is 6.08. The van der Waals surface area contributed by atoms with Crippen molar-refractivity contribution in [2.24, 2.45) is 0 Å². The third-order valence-electron chi connectivity index (χ3n) is 3.35. The second kappa shape index (κ2) is 6.23. The Bertz CT molecular complexity index is 659. The summed E-state index contributed by atoms with van der Waals surface area (Å²) in [4.78, 5) is 36.1. The third-order valence-corrected chi connectivity index (χ3v) is 3.35. The van der Waals surface area contributed by atoms with Gasteiger partial charge in [0.25, 0.3) is 5.91 Å². The first-order valence-corrected chi connectivity index (χ1v) is 6.87. The van der Waals surface area contributed by atoms with E-state index in [-0.39, 0.29) is 12.4 Å². The molecule has 0 aromatic heterocycles. The van der Waals surface area contributed by atoms with Crippen molar-refractivity contribution >= 4 is 17.9 Å². The van der Waals surface area contributed by atoms with Crippen molar-refractivity contribution in [2.45, 2.75) is 26.0 Å². The first kappa shape index (κ1) is 16.7. The molecule has 1 saturated heterocycles. The van der Waals surface area contributed by atoms with Crippen molar-refractivity contribution in [3.8, 4) is 5.75 Å². The lowest BCUT2D eigenvalue weighted by molar-refractivity contribution is -0.148. The average molecular weight is 324 g/mol. The highest BCUT2D eigenvalue weighted by Crippen LogP contribution is 2.19. The van der Waals surface area contributed by atoms with E-state index in [9.17, 15) is 18.8 Å². The SMILES string of the molecule is COc1ccc(COC(=O)CN2C(=O)NC(C)(C)C2=O)cc1F. The molecule has 0 aliphatic carbocycles. The lowest BCUT2D eigenvalue weighted by Crippen LogP contribution is -2.41. The Hall–Kier alpha value is -2.64. The number of carbonyl (C=O) groups is 3. The molecule has 23 heavy (non-hydrogen) atoms. The van der Waals surface area contributed by atoms with Crippen LogP contribution in [0.1, 0.15) is 19.4 Å². The van der Waals surface area contributed by atoms with Crippen LogP contribution >= 0.6 is 0 Å². The number of carbonyl (C=O) groups excluding carboxylic acids is 3. The van der Waals surface area contributed by atoms with Crippen LogP contribution < -0.4 is 10.1 Å². The fourth-order valence-corrected chi connectivity index (χ4v) is 2.10. The molecule has 124 valence electrons. The largest absolute Gasteiger partial charge is 0.494 e. The number of rotatable bonds is 5. The van der Waals surface area contributed by atoms with E-state index in [4.69, 9.17) is 9.47 Å². The van der Waals surface area contributed by atoms with Gasteiger partial charge < -0.3 is 14.8 Å². The van der Waals surface area contributed by atoms with E-state index >= 15 is 0 Å². The molecule has 1 heterocycles. The Morgan fingerprint density at radius 1 is 1.35 bits per heavy atom. The molecular formula is C15H17FN2O5. The van der Waals surface area contributed by atoms with Gasteiger partial charge in [0.05, 0.1) is 7.11 Å². The fourth-order valence-electron chi connectivity index (χ4n) is 2.10. The van der Waals surface area contributed by atoms with Crippen LogP contribution in [-0.4, -0.2) is 42.0 Å². The highest BCUT2D eigenvalue weighted by Gasteiger charge is 2.45. The van der Waals surface area contributed by atoms with Crippen molar-refractivity contribution in [3.05, 3.63) is 29.6 Å². The van der Waals surface area contributed by atoms with Crippen LogP contribution in [0.25, 0.3) is 0 Å². The van der Waals surface area contributed by atoms with Crippen LogP contribution in [0.3, 0.4) is 0 Å². The predicted molar refractivity (Wildman–Crippen MR) is 77.1 cm³/mol. The lowest BCUT2D eigenvalue weighted by atomic mass is 10.1. The van der Waals surface area contributed by atoms with Gasteiger partial charge in [-0.2, -0.15) is 0 Å². The molecule has 1 aromatic rings. The zero-order chi connectivity index (χ0) is 17.2. The standard InChI is InChI=1S/C15H17FN2O5/c1-15(2)13(20)18(14(21)17-15)7-12(19)23-8-9-4-5-11(22-3)10(16)6-9/h4-6H,7-8H2,1-3H3,(H,17,21). The van der Waals surface area contributed by atoms with Gasteiger partial charge in [-0.05, 0) is 31.5 Å². The molecule has 1 N–H and O–H groups in total. The Morgan fingerprint density at radius 2 is 2.04 bits per heavy atom. The maximum atomic E-state index is 13.5. The van der Waals surface area contributed by atoms with E-state index in [0.29, 0.717) is 5.56 Å². The molecule has 1 fully saturated rings. The van der Waals surface area contributed by atoms with Gasteiger partial charge in [0.15, 0.2) is 11.6 Å². The van der Waals surface area contributed by atoms with Crippen LogP contribution in [-0.2, 0) is 20.9 Å². The summed E-state index contributed by atoms with van der Waals surface area (Å²) >= 11 is 0. The van der Waals surface area contributed by atoms with Crippen LogP contribution in [0.4, 0.5) is 9.18 Å². The van der Waals surface area contributed by atoms with E-state index < -0.39 is 35.8 Å². The number of nitrogens with zero attached hydrogens (tertiary/aromatic N) is 1. The first-order chi connectivity index (χ1) is 10.7. The number of esters is 1. The van der Waals surface area contributed by atoms with Crippen molar-refractivity contribution in [2.75, 3.05) is 13.7 Å². The molecule has 8 heteroatoms. The van der Waals surface area contributed by atoms with Gasteiger partial charge in [0, 0.05) is 0 Å². The lowest BCUT2D eigenvalue weighted by Gasteiger charge is -2.15. The molecule has 0 spiro atoms. The van der Waals surface area contributed by atoms with Gasteiger partial charge in [0.2, 0.25) is 0 Å². The molecule has 7 nitrogen and oxygen atoms in total. The molecule has 0 bridgehead atoms. The van der Waals surface area contributed by atoms with E-state index in [2.05, 4.69) is 5.32 Å². The molecule has 0 saturated carbocycles. The number of amides is 3. The summed E-state index contributed by atoms with van der Waals surface area (Å²) in [5.41, 5.74) is -0.620. The molecule has 1 aliphatic heterocycles. The monoisotopic (exact) mass is 324 g/mol. The topological polar surface area (TPSA) is 84.9 Å². The zero-order valence-electron chi connectivity index (χ0n) is 13.0. The number of ether oxygens (including phenoxy) is 2. The summed E-state index contributed by atoms with van der Waals surface area (Å²) in [6, 6.07) is 3.50. The van der Waals surface area contributed by atoms with Crippen LogP contribution in [0.5, 0.6) is 5.75 Å². The number of nitrogens with one attached hydrogen (secondary N) is 1. The Morgan fingerprint density at radius 3 is 2.57 bits per heavy atom.